The van der Waals surface area contributed by atoms with Crippen LogP contribution in [0.5, 0.6) is 0 Å². The highest BCUT2D eigenvalue weighted by molar-refractivity contribution is 5.82. The predicted molar refractivity (Wildman–Crippen MR) is 139 cm³/mol. The second-order valence-electron chi connectivity index (χ2n) is 9.40. The number of nitrogens with one attached hydrogen (secondary N) is 2. The Labute approximate surface area is 212 Å². The number of nitrogens with zero attached hydrogens (tertiary/aromatic N) is 1. The molecule has 0 aliphatic rings. The Balaban J connectivity index is 1.68. The summed E-state index contributed by atoms with van der Waals surface area (Å²) >= 11 is 0. The molecule has 190 valence electrons. The van der Waals surface area contributed by atoms with E-state index in [9.17, 15) is 19.8 Å². The molecule has 1 aromatic heterocycles. The lowest BCUT2D eigenvalue weighted by Crippen LogP contribution is -2.53. The number of aliphatic hydroxyl groups is 2. The number of rotatable bonds is 12. The van der Waals surface area contributed by atoms with E-state index in [4.69, 9.17) is 0 Å². The topological polar surface area (TPSA) is 112 Å². The number of amides is 2. The molecule has 0 bridgehead atoms. The number of aromatic nitrogens is 1. The molecule has 2 aromatic carbocycles. The first kappa shape index (κ1) is 27.0. The van der Waals surface area contributed by atoms with Gasteiger partial charge in [-0.2, -0.15) is 0 Å². The third-order valence-electron chi connectivity index (χ3n) is 6.06. The monoisotopic (exact) mass is 489 g/mol. The summed E-state index contributed by atoms with van der Waals surface area (Å²) in [5.74, 6) is -1.02. The van der Waals surface area contributed by atoms with Crippen molar-refractivity contribution in [2.45, 2.75) is 57.4 Å². The van der Waals surface area contributed by atoms with Crippen molar-refractivity contribution in [1.29, 1.82) is 0 Å². The van der Waals surface area contributed by atoms with Crippen LogP contribution in [-0.2, 0) is 16.1 Å². The first-order valence-electron chi connectivity index (χ1n) is 12.3. The molecule has 3 aromatic rings. The quantitative estimate of drug-likeness (QED) is 0.312. The standard InChI is InChI=1S/C29H35N3O4/c1-20(2)16-25(27(34)28(35)29(36)31-19-21-10-9-15-30-18-21)32-26(33)17-24(22-11-5-3-6-12-22)23-13-7-4-8-14-23/h3-15,18,20,24-25,27-28,34-35H,16-17,19H2,1-2H3,(H,31,36)(H,32,33)/t25-,27+,28-/m0/s1. The molecule has 0 saturated heterocycles. The highest BCUT2D eigenvalue weighted by atomic mass is 16.3. The molecule has 3 atom stereocenters. The lowest BCUT2D eigenvalue weighted by Gasteiger charge is -2.29. The molecule has 2 amide bonds. The van der Waals surface area contributed by atoms with Gasteiger partial charge in [-0.3, -0.25) is 14.6 Å². The van der Waals surface area contributed by atoms with Gasteiger partial charge in [-0.1, -0.05) is 80.6 Å². The van der Waals surface area contributed by atoms with Gasteiger partial charge in [0.2, 0.25) is 5.91 Å². The van der Waals surface area contributed by atoms with Crippen molar-refractivity contribution in [1.82, 2.24) is 15.6 Å². The van der Waals surface area contributed by atoms with E-state index in [1.807, 2.05) is 74.5 Å². The van der Waals surface area contributed by atoms with Crippen LogP contribution in [0.4, 0.5) is 0 Å². The van der Waals surface area contributed by atoms with Crippen molar-refractivity contribution in [2.24, 2.45) is 5.92 Å². The predicted octanol–water partition coefficient (Wildman–Crippen LogP) is 3.17. The molecule has 3 rings (SSSR count). The van der Waals surface area contributed by atoms with E-state index < -0.39 is 24.2 Å². The van der Waals surface area contributed by atoms with Crippen LogP contribution in [-0.4, -0.2) is 45.3 Å². The average Bonchev–Trinajstić information content (AvgIpc) is 2.90. The fourth-order valence-corrected chi connectivity index (χ4v) is 4.21. The molecule has 0 radical (unpaired) electrons. The Morgan fingerprint density at radius 1 is 0.889 bits per heavy atom. The molecule has 0 spiro atoms. The maximum atomic E-state index is 13.2. The summed E-state index contributed by atoms with van der Waals surface area (Å²) in [6.07, 6.45) is 0.658. The van der Waals surface area contributed by atoms with E-state index in [1.54, 1.807) is 24.5 Å². The Morgan fingerprint density at radius 2 is 1.50 bits per heavy atom. The molecule has 36 heavy (non-hydrogen) atoms. The van der Waals surface area contributed by atoms with Crippen LogP contribution in [0.2, 0.25) is 0 Å². The molecular formula is C29H35N3O4. The maximum absolute atomic E-state index is 13.2. The van der Waals surface area contributed by atoms with E-state index >= 15 is 0 Å². The summed E-state index contributed by atoms with van der Waals surface area (Å²) in [5.41, 5.74) is 2.79. The maximum Gasteiger partial charge on any atom is 0.251 e. The Bertz CT molecular complexity index is 1040. The van der Waals surface area contributed by atoms with Crippen molar-refractivity contribution in [3.63, 3.8) is 0 Å². The Hall–Kier alpha value is -3.55. The summed E-state index contributed by atoms with van der Waals surface area (Å²) in [6, 6.07) is 22.3. The number of carbonyl (C=O) groups is 2. The van der Waals surface area contributed by atoms with Crippen LogP contribution < -0.4 is 10.6 Å². The molecule has 0 saturated carbocycles. The second kappa shape index (κ2) is 13.5. The summed E-state index contributed by atoms with van der Waals surface area (Å²) in [5, 5.41) is 26.9. The zero-order valence-corrected chi connectivity index (χ0v) is 20.7. The SMILES string of the molecule is CC(C)C[C@H](NC(=O)CC(c1ccccc1)c1ccccc1)[C@@H](O)[C@H](O)C(=O)NCc1cccnc1. The fraction of sp³-hybridized carbons (Fsp3) is 0.345. The third-order valence-corrected chi connectivity index (χ3v) is 6.06. The van der Waals surface area contributed by atoms with E-state index in [0.717, 1.165) is 16.7 Å². The molecule has 0 fully saturated rings. The molecule has 4 N–H and O–H groups in total. The fourth-order valence-electron chi connectivity index (χ4n) is 4.21. The highest BCUT2D eigenvalue weighted by Crippen LogP contribution is 2.28. The van der Waals surface area contributed by atoms with Gasteiger partial charge in [-0.05, 0) is 35.1 Å². The second-order valence-corrected chi connectivity index (χ2v) is 9.40. The van der Waals surface area contributed by atoms with Crippen molar-refractivity contribution in [3.05, 3.63) is 102 Å². The van der Waals surface area contributed by atoms with Crippen LogP contribution >= 0.6 is 0 Å². The minimum Gasteiger partial charge on any atom is -0.388 e. The van der Waals surface area contributed by atoms with Gasteiger partial charge >= 0.3 is 0 Å². The minimum atomic E-state index is -1.69. The summed E-state index contributed by atoms with van der Waals surface area (Å²) < 4.78 is 0. The van der Waals surface area contributed by atoms with E-state index in [-0.39, 0.29) is 30.7 Å². The first-order valence-corrected chi connectivity index (χ1v) is 12.3. The van der Waals surface area contributed by atoms with Crippen molar-refractivity contribution < 1.29 is 19.8 Å². The smallest absolute Gasteiger partial charge is 0.251 e. The third kappa shape index (κ3) is 8.00. The van der Waals surface area contributed by atoms with E-state index in [2.05, 4.69) is 15.6 Å². The van der Waals surface area contributed by atoms with E-state index in [0.29, 0.717) is 6.42 Å². The molecule has 0 aliphatic carbocycles. The zero-order valence-electron chi connectivity index (χ0n) is 20.7. The lowest BCUT2D eigenvalue weighted by molar-refractivity contribution is -0.138. The largest absolute Gasteiger partial charge is 0.388 e. The van der Waals surface area contributed by atoms with Gasteiger partial charge < -0.3 is 20.8 Å². The summed E-state index contributed by atoms with van der Waals surface area (Å²) in [6.45, 7) is 4.09. The van der Waals surface area contributed by atoms with Gasteiger partial charge in [0.15, 0.2) is 6.10 Å². The zero-order chi connectivity index (χ0) is 25.9. The van der Waals surface area contributed by atoms with Crippen LogP contribution in [0.3, 0.4) is 0 Å². The van der Waals surface area contributed by atoms with Crippen LogP contribution in [0.25, 0.3) is 0 Å². The van der Waals surface area contributed by atoms with Crippen LogP contribution in [0, 0.1) is 5.92 Å². The number of hydrogen-bond donors (Lipinski definition) is 4. The molecule has 7 heteroatoms. The normalized spacial score (nSPS) is 13.7. The van der Waals surface area contributed by atoms with Crippen LogP contribution in [0.15, 0.2) is 85.2 Å². The molecular weight excluding hydrogens is 454 g/mol. The number of hydrogen-bond acceptors (Lipinski definition) is 5. The first-order chi connectivity index (χ1) is 17.3. The molecule has 1 heterocycles. The van der Waals surface area contributed by atoms with Crippen molar-refractivity contribution in [2.75, 3.05) is 0 Å². The molecule has 0 unspecified atom stereocenters. The Kier molecular flexibility index (Phi) is 10.2. The highest BCUT2D eigenvalue weighted by Gasteiger charge is 2.33. The number of carbonyl (C=O) groups excluding carboxylic acids is 2. The minimum absolute atomic E-state index is 0.120. The van der Waals surface area contributed by atoms with Crippen LogP contribution in [0.1, 0.15) is 49.3 Å². The van der Waals surface area contributed by atoms with Gasteiger partial charge in [0.05, 0.1) is 6.04 Å². The van der Waals surface area contributed by atoms with Gasteiger partial charge in [0.1, 0.15) is 6.10 Å². The Morgan fingerprint density at radius 3 is 2.03 bits per heavy atom. The summed E-state index contributed by atoms with van der Waals surface area (Å²) in [4.78, 5) is 29.7. The lowest BCUT2D eigenvalue weighted by atomic mass is 9.88. The number of pyridine rings is 1. The number of benzene rings is 2. The van der Waals surface area contributed by atoms with Gasteiger partial charge in [0, 0.05) is 31.3 Å². The van der Waals surface area contributed by atoms with E-state index in [1.165, 1.54) is 0 Å². The molecule has 0 aliphatic heterocycles. The summed E-state index contributed by atoms with van der Waals surface area (Å²) in [7, 11) is 0. The number of aliphatic hydroxyl groups excluding tert-OH is 2. The van der Waals surface area contributed by atoms with Crippen molar-refractivity contribution in [3.8, 4) is 0 Å². The molecule has 7 nitrogen and oxygen atoms in total. The van der Waals surface area contributed by atoms with Gasteiger partial charge in [0.25, 0.3) is 5.91 Å². The van der Waals surface area contributed by atoms with Crippen molar-refractivity contribution >= 4 is 11.8 Å². The van der Waals surface area contributed by atoms with Gasteiger partial charge in [-0.25, -0.2) is 0 Å². The average molecular weight is 490 g/mol. The van der Waals surface area contributed by atoms with Gasteiger partial charge in [-0.15, -0.1) is 0 Å².